The lowest BCUT2D eigenvalue weighted by Crippen LogP contribution is -2.37. The summed E-state index contributed by atoms with van der Waals surface area (Å²) in [4.78, 5) is 2.60. The van der Waals surface area contributed by atoms with Gasteiger partial charge in [-0.25, -0.2) is 0 Å². The average Bonchev–Trinajstić information content (AvgIpc) is 2.76. The molecule has 0 aromatic carbocycles. The monoisotopic (exact) mass is 224 g/mol. The molecule has 94 valence electrons. The van der Waals surface area contributed by atoms with Crippen LogP contribution in [-0.2, 0) is 0 Å². The number of hydrogen-bond acceptors (Lipinski definition) is 2. The van der Waals surface area contributed by atoms with Gasteiger partial charge in [0.1, 0.15) is 0 Å². The molecule has 2 nitrogen and oxygen atoms in total. The average molecular weight is 224 g/mol. The Bertz CT molecular complexity index is 197. The van der Waals surface area contributed by atoms with Crippen LogP contribution in [0.3, 0.4) is 0 Å². The summed E-state index contributed by atoms with van der Waals surface area (Å²) in [5, 5.41) is 3.79. The highest BCUT2D eigenvalue weighted by Crippen LogP contribution is 2.23. The van der Waals surface area contributed by atoms with Crippen molar-refractivity contribution < 1.29 is 0 Å². The van der Waals surface area contributed by atoms with E-state index in [0.29, 0.717) is 0 Å². The first-order chi connectivity index (χ1) is 7.75. The van der Waals surface area contributed by atoms with E-state index >= 15 is 0 Å². The van der Waals surface area contributed by atoms with Crippen LogP contribution in [0.4, 0.5) is 0 Å². The molecule has 0 aromatic heterocycles. The summed E-state index contributed by atoms with van der Waals surface area (Å²) >= 11 is 0. The summed E-state index contributed by atoms with van der Waals surface area (Å²) in [6, 6.07) is 1.49. The number of rotatable bonds is 4. The second kappa shape index (κ2) is 6.02. The van der Waals surface area contributed by atoms with E-state index in [1.54, 1.807) is 0 Å². The van der Waals surface area contributed by atoms with E-state index in [1.165, 1.54) is 58.2 Å². The number of likely N-dealkylation sites (tertiary alicyclic amines) is 1. The molecule has 1 N–H and O–H groups in total. The van der Waals surface area contributed by atoms with Crippen molar-refractivity contribution in [3.8, 4) is 0 Å². The molecular weight excluding hydrogens is 196 g/mol. The molecule has 1 aliphatic heterocycles. The van der Waals surface area contributed by atoms with Crippen LogP contribution in [0.15, 0.2) is 0 Å². The second-order valence-corrected chi connectivity index (χ2v) is 5.99. The highest BCUT2D eigenvalue weighted by molar-refractivity contribution is 4.83. The molecule has 0 aromatic rings. The van der Waals surface area contributed by atoms with Crippen molar-refractivity contribution in [3.63, 3.8) is 0 Å². The summed E-state index contributed by atoms with van der Waals surface area (Å²) in [6.07, 6.45) is 8.69. The van der Waals surface area contributed by atoms with Crippen molar-refractivity contribution >= 4 is 0 Å². The van der Waals surface area contributed by atoms with Crippen molar-refractivity contribution in [2.24, 2.45) is 5.92 Å². The molecule has 0 amide bonds. The van der Waals surface area contributed by atoms with Gasteiger partial charge in [0, 0.05) is 18.6 Å². The number of nitrogens with one attached hydrogen (secondary N) is 1. The molecule has 1 saturated heterocycles. The maximum atomic E-state index is 3.79. The van der Waals surface area contributed by atoms with Crippen LogP contribution in [0.2, 0.25) is 0 Å². The zero-order valence-electron chi connectivity index (χ0n) is 11.0. The van der Waals surface area contributed by atoms with Gasteiger partial charge in [-0.2, -0.15) is 0 Å². The van der Waals surface area contributed by atoms with Crippen LogP contribution in [0.1, 0.15) is 52.4 Å². The van der Waals surface area contributed by atoms with Crippen molar-refractivity contribution in [1.29, 1.82) is 0 Å². The normalized spacial score (nSPS) is 29.1. The van der Waals surface area contributed by atoms with Crippen LogP contribution < -0.4 is 5.32 Å². The van der Waals surface area contributed by atoms with E-state index in [9.17, 15) is 0 Å². The molecule has 1 saturated carbocycles. The smallest absolute Gasteiger partial charge is 0.0207 e. The molecule has 2 fully saturated rings. The Morgan fingerprint density at radius 3 is 2.50 bits per heavy atom. The first-order valence-corrected chi connectivity index (χ1v) is 7.23. The molecule has 2 heteroatoms. The fourth-order valence-electron chi connectivity index (χ4n) is 3.15. The van der Waals surface area contributed by atoms with Gasteiger partial charge in [0.25, 0.3) is 0 Å². The van der Waals surface area contributed by atoms with E-state index < -0.39 is 0 Å². The van der Waals surface area contributed by atoms with E-state index in [4.69, 9.17) is 0 Å². The molecular formula is C14H28N2. The summed E-state index contributed by atoms with van der Waals surface area (Å²) in [5.41, 5.74) is 0. The molecule has 1 unspecified atom stereocenters. The van der Waals surface area contributed by atoms with Crippen molar-refractivity contribution in [3.05, 3.63) is 0 Å². The molecule has 2 rings (SSSR count). The maximum Gasteiger partial charge on any atom is 0.0207 e. The predicted octanol–water partition coefficient (Wildman–Crippen LogP) is 2.64. The maximum absolute atomic E-state index is 3.79. The topological polar surface area (TPSA) is 15.3 Å². The van der Waals surface area contributed by atoms with Gasteiger partial charge in [-0.15, -0.1) is 0 Å². The standard InChI is InChI=1S/C14H28N2/c1-12(2)16-9-8-14(11-16)15-10-13-6-4-3-5-7-13/h12-15H,3-11H2,1-2H3. The highest BCUT2D eigenvalue weighted by atomic mass is 15.2. The number of hydrogen-bond donors (Lipinski definition) is 1. The van der Waals surface area contributed by atoms with Crippen LogP contribution in [0.25, 0.3) is 0 Å². The molecule has 1 aliphatic carbocycles. The van der Waals surface area contributed by atoms with Crippen LogP contribution >= 0.6 is 0 Å². The summed E-state index contributed by atoms with van der Waals surface area (Å²) in [6.45, 7) is 8.45. The Hall–Kier alpha value is -0.0800. The minimum atomic E-state index is 0.724. The van der Waals surface area contributed by atoms with E-state index in [-0.39, 0.29) is 0 Å². The lowest BCUT2D eigenvalue weighted by atomic mass is 9.89. The zero-order chi connectivity index (χ0) is 11.4. The van der Waals surface area contributed by atoms with E-state index in [1.807, 2.05) is 0 Å². The Labute approximate surface area is 101 Å². The highest BCUT2D eigenvalue weighted by Gasteiger charge is 2.24. The number of nitrogens with zero attached hydrogens (tertiary/aromatic N) is 1. The van der Waals surface area contributed by atoms with Crippen LogP contribution in [0.5, 0.6) is 0 Å². The van der Waals surface area contributed by atoms with Crippen LogP contribution in [0, 0.1) is 5.92 Å². The van der Waals surface area contributed by atoms with E-state index in [0.717, 1.165) is 18.0 Å². The van der Waals surface area contributed by atoms with Gasteiger partial charge in [0.05, 0.1) is 0 Å². The first kappa shape index (κ1) is 12.4. The summed E-state index contributed by atoms with van der Waals surface area (Å²) in [5.74, 6) is 0.974. The molecule has 0 bridgehead atoms. The van der Waals surface area contributed by atoms with Gasteiger partial charge in [0.15, 0.2) is 0 Å². The molecule has 0 radical (unpaired) electrons. The van der Waals surface area contributed by atoms with Gasteiger partial charge in [-0.1, -0.05) is 19.3 Å². The fraction of sp³-hybridized carbons (Fsp3) is 1.00. The second-order valence-electron chi connectivity index (χ2n) is 5.99. The minimum absolute atomic E-state index is 0.724. The Balaban J connectivity index is 1.63. The largest absolute Gasteiger partial charge is 0.312 e. The van der Waals surface area contributed by atoms with Gasteiger partial charge >= 0.3 is 0 Å². The zero-order valence-corrected chi connectivity index (χ0v) is 11.0. The third-order valence-corrected chi connectivity index (χ3v) is 4.37. The fourth-order valence-corrected chi connectivity index (χ4v) is 3.15. The third-order valence-electron chi connectivity index (χ3n) is 4.37. The first-order valence-electron chi connectivity index (χ1n) is 7.23. The molecule has 1 heterocycles. The lowest BCUT2D eigenvalue weighted by molar-refractivity contribution is 0.263. The van der Waals surface area contributed by atoms with Gasteiger partial charge in [0.2, 0.25) is 0 Å². The SMILES string of the molecule is CC(C)N1CCC(NCC2CCCCC2)C1. The molecule has 1 atom stereocenters. The minimum Gasteiger partial charge on any atom is -0.312 e. The molecule has 2 aliphatic rings. The lowest BCUT2D eigenvalue weighted by Gasteiger charge is -2.24. The van der Waals surface area contributed by atoms with Gasteiger partial charge < -0.3 is 5.32 Å². The predicted molar refractivity (Wildman–Crippen MR) is 69.7 cm³/mol. The Morgan fingerprint density at radius 2 is 1.88 bits per heavy atom. The molecule has 16 heavy (non-hydrogen) atoms. The van der Waals surface area contributed by atoms with Crippen molar-refractivity contribution in [1.82, 2.24) is 10.2 Å². The summed E-state index contributed by atoms with van der Waals surface area (Å²) < 4.78 is 0. The van der Waals surface area contributed by atoms with Gasteiger partial charge in [-0.05, 0) is 52.1 Å². The quantitative estimate of drug-likeness (QED) is 0.790. The Kier molecular flexibility index (Phi) is 4.66. The van der Waals surface area contributed by atoms with Crippen molar-refractivity contribution in [2.75, 3.05) is 19.6 Å². The van der Waals surface area contributed by atoms with Crippen LogP contribution in [-0.4, -0.2) is 36.6 Å². The summed E-state index contributed by atoms with van der Waals surface area (Å²) in [7, 11) is 0. The van der Waals surface area contributed by atoms with Gasteiger partial charge in [-0.3, -0.25) is 4.90 Å². The third kappa shape index (κ3) is 3.46. The Morgan fingerprint density at radius 1 is 1.12 bits per heavy atom. The van der Waals surface area contributed by atoms with Crippen molar-refractivity contribution in [2.45, 2.75) is 64.5 Å². The van der Waals surface area contributed by atoms with E-state index in [2.05, 4.69) is 24.1 Å². The molecule has 0 spiro atoms.